The molecule has 1 amide bonds. The number of amides is 1. The van der Waals surface area contributed by atoms with E-state index >= 15 is 0 Å². The van der Waals surface area contributed by atoms with Crippen LogP contribution >= 0.6 is 0 Å². The molecule has 1 saturated carbocycles. The van der Waals surface area contributed by atoms with Crippen molar-refractivity contribution in [2.24, 2.45) is 5.92 Å². The van der Waals surface area contributed by atoms with Gasteiger partial charge in [0, 0.05) is 0 Å². The van der Waals surface area contributed by atoms with Crippen molar-refractivity contribution in [3.63, 3.8) is 0 Å². The average Bonchev–Trinajstić information content (AvgIpc) is 2.58. The molecule has 7 heteroatoms. The number of hydroxylamine groups is 2. The van der Waals surface area contributed by atoms with Crippen LogP contribution in [0.5, 0.6) is 0 Å². The number of benzene rings is 1. The highest BCUT2D eigenvalue weighted by Gasteiger charge is 2.30. The predicted molar refractivity (Wildman–Crippen MR) is 98.8 cm³/mol. The van der Waals surface area contributed by atoms with E-state index in [1.54, 1.807) is 24.3 Å². The fraction of sp³-hybridized carbons (Fsp3) is 0.632. The van der Waals surface area contributed by atoms with Gasteiger partial charge in [0.15, 0.2) is 0 Å². The van der Waals surface area contributed by atoms with Crippen LogP contribution < -0.4 is 0 Å². The van der Waals surface area contributed by atoms with Gasteiger partial charge < -0.3 is 0 Å². The lowest BCUT2D eigenvalue weighted by Gasteiger charge is -2.37. The molecule has 146 valence electrons. The maximum Gasteiger partial charge on any atom is 0.296 e. The summed E-state index contributed by atoms with van der Waals surface area (Å²) in [6.07, 6.45) is 4.00. The van der Waals surface area contributed by atoms with E-state index in [4.69, 9.17) is 9.02 Å². The van der Waals surface area contributed by atoms with Crippen molar-refractivity contribution in [2.75, 3.05) is 6.61 Å². The Bertz CT molecular complexity index is 694. The quantitative estimate of drug-likeness (QED) is 0.410. The Morgan fingerprint density at radius 1 is 1.19 bits per heavy atom. The lowest BCUT2D eigenvalue weighted by atomic mass is 9.86. The number of hydrogen-bond acceptors (Lipinski definition) is 5. The molecular formula is C19H29NO5S. The van der Waals surface area contributed by atoms with Crippen molar-refractivity contribution in [3.8, 4) is 0 Å². The van der Waals surface area contributed by atoms with Gasteiger partial charge in [0.25, 0.3) is 10.1 Å². The number of carbonyl (C=O) groups is 1. The van der Waals surface area contributed by atoms with E-state index in [-0.39, 0.29) is 23.5 Å². The molecule has 2 unspecified atom stereocenters. The summed E-state index contributed by atoms with van der Waals surface area (Å²) >= 11 is 0. The number of hydrogen-bond donors (Lipinski definition) is 0. The Morgan fingerprint density at radius 3 is 2.42 bits per heavy atom. The molecule has 1 aromatic carbocycles. The maximum absolute atomic E-state index is 12.3. The van der Waals surface area contributed by atoms with Gasteiger partial charge in [0.05, 0.1) is 23.1 Å². The molecule has 0 saturated heterocycles. The van der Waals surface area contributed by atoms with Crippen LogP contribution in [0.25, 0.3) is 0 Å². The van der Waals surface area contributed by atoms with Crippen LogP contribution in [0.4, 0.5) is 0 Å². The molecule has 1 aromatic rings. The minimum atomic E-state index is -3.76. The molecule has 0 aromatic heterocycles. The molecule has 2 atom stereocenters. The molecule has 0 radical (unpaired) electrons. The fourth-order valence-corrected chi connectivity index (χ4v) is 4.08. The van der Waals surface area contributed by atoms with Crippen LogP contribution in [-0.4, -0.2) is 38.1 Å². The maximum atomic E-state index is 12.3. The van der Waals surface area contributed by atoms with Crippen molar-refractivity contribution in [2.45, 2.75) is 69.9 Å². The van der Waals surface area contributed by atoms with Crippen LogP contribution in [0, 0.1) is 12.8 Å². The van der Waals surface area contributed by atoms with E-state index in [1.165, 1.54) is 5.06 Å². The standard InChI is InChI=1S/C19H29NO5S/c1-15-8-10-18(11-9-15)26(22,23)24-13-16-6-5-7-17(12-16)20(14-21)25-19(2,3)4/h8-11,14,16-17H,5-7,12-13H2,1-4H3. The van der Waals surface area contributed by atoms with E-state index in [0.717, 1.165) is 24.8 Å². The third kappa shape index (κ3) is 6.07. The summed E-state index contributed by atoms with van der Waals surface area (Å²) in [6, 6.07) is 6.55. The van der Waals surface area contributed by atoms with Crippen molar-refractivity contribution in [1.29, 1.82) is 0 Å². The molecule has 1 fully saturated rings. The van der Waals surface area contributed by atoms with E-state index in [0.29, 0.717) is 12.8 Å². The highest BCUT2D eigenvalue weighted by atomic mass is 32.2. The van der Waals surface area contributed by atoms with Crippen LogP contribution in [0.1, 0.15) is 52.0 Å². The van der Waals surface area contributed by atoms with Crippen molar-refractivity contribution < 1.29 is 22.2 Å². The lowest BCUT2D eigenvalue weighted by molar-refractivity contribution is -0.237. The average molecular weight is 384 g/mol. The molecule has 0 heterocycles. The van der Waals surface area contributed by atoms with Gasteiger partial charge in [-0.1, -0.05) is 24.1 Å². The number of carbonyl (C=O) groups excluding carboxylic acids is 1. The topological polar surface area (TPSA) is 72.9 Å². The first-order valence-corrected chi connectivity index (χ1v) is 10.4. The van der Waals surface area contributed by atoms with Gasteiger partial charge in [0.2, 0.25) is 6.41 Å². The minimum absolute atomic E-state index is 0.0591. The number of nitrogens with zero attached hydrogens (tertiary/aromatic N) is 1. The molecule has 26 heavy (non-hydrogen) atoms. The Morgan fingerprint density at radius 2 is 1.85 bits per heavy atom. The molecule has 6 nitrogen and oxygen atoms in total. The van der Waals surface area contributed by atoms with Crippen LogP contribution in [0.15, 0.2) is 29.2 Å². The van der Waals surface area contributed by atoms with E-state index in [1.807, 2.05) is 27.7 Å². The highest BCUT2D eigenvalue weighted by Crippen LogP contribution is 2.30. The lowest BCUT2D eigenvalue weighted by Crippen LogP contribution is -2.43. The zero-order valence-electron chi connectivity index (χ0n) is 16.0. The SMILES string of the molecule is Cc1ccc(S(=O)(=O)OCC2CCCC(N(C=O)OC(C)(C)C)C2)cc1. The number of aryl methyl sites for hydroxylation is 1. The van der Waals surface area contributed by atoms with Gasteiger partial charge in [-0.15, -0.1) is 0 Å². The summed E-state index contributed by atoms with van der Waals surface area (Å²) in [5.74, 6) is 0.0694. The Kier molecular flexibility index (Phi) is 6.82. The first-order chi connectivity index (χ1) is 12.1. The monoisotopic (exact) mass is 383 g/mol. The summed E-state index contributed by atoms with van der Waals surface area (Å²) in [5.41, 5.74) is 0.533. The summed E-state index contributed by atoms with van der Waals surface area (Å²) in [5, 5.41) is 1.38. The summed E-state index contributed by atoms with van der Waals surface area (Å²) in [4.78, 5) is 17.3. The van der Waals surface area contributed by atoms with Crippen LogP contribution in [0.2, 0.25) is 0 Å². The van der Waals surface area contributed by atoms with Crippen molar-refractivity contribution in [1.82, 2.24) is 5.06 Å². The smallest absolute Gasteiger partial charge is 0.276 e. The summed E-state index contributed by atoms with van der Waals surface area (Å²) < 4.78 is 29.9. The van der Waals surface area contributed by atoms with Gasteiger partial charge in [0.1, 0.15) is 0 Å². The molecule has 0 aliphatic heterocycles. The van der Waals surface area contributed by atoms with Gasteiger partial charge in [-0.25, -0.2) is 5.06 Å². The largest absolute Gasteiger partial charge is 0.296 e. The second-order valence-electron chi connectivity index (χ2n) is 7.91. The normalized spacial score (nSPS) is 21.4. The molecule has 1 aliphatic rings. The molecule has 1 aliphatic carbocycles. The summed E-state index contributed by atoms with van der Waals surface area (Å²) in [7, 11) is -3.76. The molecule has 0 bridgehead atoms. The van der Waals surface area contributed by atoms with Gasteiger partial charge in [-0.05, 0) is 65.0 Å². The van der Waals surface area contributed by atoms with Gasteiger partial charge in [-0.2, -0.15) is 8.42 Å². The van der Waals surface area contributed by atoms with Crippen molar-refractivity contribution >= 4 is 16.5 Å². The molecule has 0 spiro atoms. The third-order valence-electron chi connectivity index (χ3n) is 4.37. The second kappa shape index (κ2) is 8.50. The van der Waals surface area contributed by atoms with Crippen LogP contribution in [0.3, 0.4) is 0 Å². The fourth-order valence-electron chi connectivity index (χ4n) is 3.10. The number of rotatable bonds is 7. The Hall–Kier alpha value is -1.44. The first kappa shape index (κ1) is 20.9. The summed E-state index contributed by atoms with van der Waals surface area (Å²) in [6.45, 7) is 7.69. The van der Waals surface area contributed by atoms with E-state index in [9.17, 15) is 13.2 Å². The molecular weight excluding hydrogens is 354 g/mol. The highest BCUT2D eigenvalue weighted by molar-refractivity contribution is 7.86. The first-order valence-electron chi connectivity index (χ1n) is 8.99. The van der Waals surface area contributed by atoms with Crippen molar-refractivity contribution in [3.05, 3.63) is 29.8 Å². The zero-order chi connectivity index (χ0) is 19.4. The minimum Gasteiger partial charge on any atom is -0.276 e. The molecule has 2 rings (SSSR count). The van der Waals surface area contributed by atoms with E-state index in [2.05, 4.69) is 0 Å². The van der Waals surface area contributed by atoms with E-state index < -0.39 is 15.7 Å². The predicted octanol–water partition coefficient (Wildman–Crippen LogP) is 3.45. The zero-order valence-corrected chi connectivity index (χ0v) is 16.8. The molecule has 0 N–H and O–H groups in total. The van der Waals surface area contributed by atoms with Crippen LogP contribution in [-0.2, 0) is 23.9 Å². The van der Waals surface area contributed by atoms with Gasteiger partial charge in [-0.3, -0.25) is 13.8 Å². The van der Waals surface area contributed by atoms with Gasteiger partial charge >= 0.3 is 0 Å². The Balaban J connectivity index is 1.95. The second-order valence-corrected chi connectivity index (χ2v) is 9.52. The third-order valence-corrected chi connectivity index (χ3v) is 5.66. The Labute approximate surface area is 156 Å².